The van der Waals surface area contributed by atoms with Crippen LogP contribution in [0.5, 0.6) is 5.75 Å². The van der Waals surface area contributed by atoms with Crippen LogP contribution in [0.15, 0.2) is 18.2 Å². The Morgan fingerprint density at radius 3 is 3.00 bits per heavy atom. The molecular weight excluding hydrogens is 260 g/mol. The molecule has 2 aliphatic rings. The fourth-order valence-electron chi connectivity index (χ4n) is 3.13. The van der Waals surface area contributed by atoms with E-state index in [1.54, 1.807) is 24.0 Å². The Balaban J connectivity index is 1.85. The van der Waals surface area contributed by atoms with Crippen LogP contribution in [0.4, 0.5) is 5.69 Å². The van der Waals surface area contributed by atoms with E-state index in [2.05, 4.69) is 0 Å². The molecule has 0 bridgehead atoms. The van der Waals surface area contributed by atoms with Crippen molar-refractivity contribution in [3.8, 4) is 5.75 Å². The first-order valence-corrected chi connectivity index (χ1v) is 6.71. The van der Waals surface area contributed by atoms with Crippen LogP contribution in [0.1, 0.15) is 25.3 Å². The minimum atomic E-state index is -0.401. The summed E-state index contributed by atoms with van der Waals surface area (Å²) in [5, 5.41) is 10.8. The lowest BCUT2D eigenvalue weighted by Gasteiger charge is -2.39. The molecule has 0 N–H and O–H groups in total. The van der Waals surface area contributed by atoms with Gasteiger partial charge in [0.2, 0.25) is 5.91 Å². The monoisotopic (exact) mass is 276 g/mol. The molecule has 1 fully saturated rings. The topological polar surface area (TPSA) is 72.7 Å². The summed E-state index contributed by atoms with van der Waals surface area (Å²) in [6.07, 6.45) is 2.41. The number of carbonyl (C=O) groups excluding carboxylic acids is 1. The van der Waals surface area contributed by atoms with E-state index in [9.17, 15) is 14.9 Å². The lowest BCUT2D eigenvalue weighted by Crippen LogP contribution is -2.52. The number of fused-ring (bicyclic) bond motifs is 1. The number of ether oxygens (including phenoxy) is 1. The molecule has 106 valence electrons. The average Bonchev–Trinajstić information content (AvgIpc) is 2.74. The number of non-ortho nitro benzene ring substituents is 1. The van der Waals surface area contributed by atoms with Gasteiger partial charge in [0.25, 0.3) is 5.69 Å². The van der Waals surface area contributed by atoms with Crippen LogP contribution in [0, 0.1) is 10.1 Å². The first-order chi connectivity index (χ1) is 9.49. The van der Waals surface area contributed by atoms with E-state index in [-0.39, 0.29) is 11.6 Å². The first kappa shape index (κ1) is 12.9. The summed E-state index contributed by atoms with van der Waals surface area (Å²) in [5.74, 6) is 0.760. The minimum absolute atomic E-state index is 0.0506. The van der Waals surface area contributed by atoms with Gasteiger partial charge in [-0.05, 0) is 18.9 Å². The number of nitro groups is 1. The SMILES string of the molecule is CC(=O)N1CCCC2(Cc3cc([N+](=O)[O-])ccc3O2)C1. The molecule has 0 aromatic heterocycles. The number of piperidine rings is 1. The highest BCUT2D eigenvalue weighted by atomic mass is 16.6. The van der Waals surface area contributed by atoms with Crippen LogP contribution in [0.3, 0.4) is 0 Å². The number of benzene rings is 1. The molecule has 1 aromatic carbocycles. The second-order valence-corrected chi connectivity index (χ2v) is 5.56. The summed E-state index contributed by atoms with van der Waals surface area (Å²) in [5.41, 5.74) is 0.551. The lowest BCUT2D eigenvalue weighted by molar-refractivity contribution is -0.384. The van der Waals surface area contributed by atoms with Crippen molar-refractivity contribution in [2.75, 3.05) is 13.1 Å². The maximum atomic E-state index is 11.5. The van der Waals surface area contributed by atoms with Crippen molar-refractivity contribution in [1.29, 1.82) is 0 Å². The molecule has 0 aliphatic carbocycles. The Morgan fingerprint density at radius 2 is 2.30 bits per heavy atom. The number of hydrogen-bond acceptors (Lipinski definition) is 4. The van der Waals surface area contributed by atoms with Gasteiger partial charge in [-0.1, -0.05) is 0 Å². The smallest absolute Gasteiger partial charge is 0.269 e. The Morgan fingerprint density at radius 1 is 1.50 bits per heavy atom. The summed E-state index contributed by atoms with van der Waals surface area (Å²) >= 11 is 0. The van der Waals surface area contributed by atoms with Gasteiger partial charge in [-0.25, -0.2) is 0 Å². The van der Waals surface area contributed by atoms with Gasteiger partial charge in [-0.2, -0.15) is 0 Å². The number of nitro benzene ring substituents is 1. The molecule has 2 aliphatic heterocycles. The Hall–Kier alpha value is -2.11. The predicted octanol–water partition coefficient (Wildman–Crippen LogP) is 1.91. The molecule has 1 atom stereocenters. The normalized spacial score (nSPS) is 24.4. The molecule has 1 aromatic rings. The summed E-state index contributed by atoms with van der Waals surface area (Å²) < 4.78 is 6.03. The molecule has 2 heterocycles. The molecule has 6 heteroatoms. The quantitative estimate of drug-likeness (QED) is 0.580. The van der Waals surface area contributed by atoms with Crippen LogP contribution in [0.25, 0.3) is 0 Å². The van der Waals surface area contributed by atoms with Gasteiger partial charge in [0.05, 0.1) is 11.5 Å². The van der Waals surface area contributed by atoms with Crippen LogP contribution < -0.4 is 4.74 Å². The van der Waals surface area contributed by atoms with E-state index in [0.29, 0.717) is 18.7 Å². The Kier molecular flexibility index (Phi) is 2.88. The van der Waals surface area contributed by atoms with E-state index < -0.39 is 10.5 Å². The molecular formula is C14H16N2O4. The van der Waals surface area contributed by atoms with Crippen LogP contribution >= 0.6 is 0 Å². The van der Waals surface area contributed by atoms with Crippen molar-refractivity contribution in [2.24, 2.45) is 0 Å². The van der Waals surface area contributed by atoms with Gasteiger partial charge in [-0.3, -0.25) is 14.9 Å². The number of rotatable bonds is 1. The van der Waals surface area contributed by atoms with E-state index in [1.165, 1.54) is 6.07 Å². The molecule has 20 heavy (non-hydrogen) atoms. The van der Waals surface area contributed by atoms with E-state index >= 15 is 0 Å². The largest absolute Gasteiger partial charge is 0.485 e. The highest BCUT2D eigenvalue weighted by Gasteiger charge is 2.43. The van der Waals surface area contributed by atoms with Gasteiger partial charge < -0.3 is 9.64 Å². The van der Waals surface area contributed by atoms with Gasteiger partial charge in [-0.15, -0.1) is 0 Å². The van der Waals surface area contributed by atoms with Crippen molar-refractivity contribution in [3.05, 3.63) is 33.9 Å². The van der Waals surface area contributed by atoms with Crippen molar-refractivity contribution >= 4 is 11.6 Å². The molecule has 0 radical (unpaired) electrons. The third-order valence-corrected chi connectivity index (χ3v) is 4.08. The molecule has 6 nitrogen and oxygen atoms in total. The number of amides is 1. The third kappa shape index (κ3) is 2.11. The zero-order valence-corrected chi connectivity index (χ0v) is 11.3. The zero-order valence-electron chi connectivity index (χ0n) is 11.3. The molecule has 1 unspecified atom stereocenters. The zero-order chi connectivity index (χ0) is 14.3. The van der Waals surface area contributed by atoms with Crippen molar-refractivity contribution in [3.63, 3.8) is 0 Å². The second kappa shape index (κ2) is 4.47. The molecule has 3 rings (SSSR count). The highest BCUT2D eigenvalue weighted by molar-refractivity contribution is 5.73. The van der Waals surface area contributed by atoms with Crippen LogP contribution in [-0.2, 0) is 11.2 Å². The Labute approximate surface area is 116 Å². The van der Waals surface area contributed by atoms with E-state index in [4.69, 9.17) is 4.74 Å². The highest BCUT2D eigenvalue weighted by Crippen LogP contribution is 2.41. The average molecular weight is 276 g/mol. The number of carbonyl (C=O) groups is 1. The molecule has 0 saturated carbocycles. The van der Waals surface area contributed by atoms with E-state index in [1.807, 2.05) is 0 Å². The summed E-state index contributed by atoms with van der Waals surface area (Å²) in [4.78, 5) is 23.8. The van der Waals surface area contributed by atoms with Gasteiger partial charge in [0, 0.05) is 37.6 Å². The number of likely N-dealkylation sites (tertiary alicyclic amines) is 1. The molecule has 1 saturated heterocycles. The maximum absolute atomic E-state index is 11.5. The van der Waals surface area contributed by atoms with Crippen molar-refractivity contribution in [1.82, 2.24) is 4.90 Å². The third-order valence-electron chi connectivity index (χ3n) is 4.08. The van der Waals surface area contributed by atoms with Gasteiger partial charge in [0.15, 0.2) is 0 Å². The van der Waals surface area contributed by atoms with Gasteiger partial charge in [0.1, 0.15) is 11.4 Å². The summed E-state index contributed by atoms with van der Waals surface area (Å²) in [7, 11) is 0. The fraction of sp³-hybridized carbons (Fsp3) is 0.500. The van der Waals surface area contributed by atoms with E-state index in [0.717, 1.165) is 24.9 Å². The van der Waals surface area contributed by atoms with Crippen LogP contribution in [0.2, 0.25) is 0 Å². The fourth-order valence-corrected chi connectivity index (χ4v) is 3.13. The molecule has 1 spiro atoms. The predicted molar refractivity (Wildman–Crippen MR) is 71.6 cm³/mol. The minimum Gasteiger partial charge on any atom is -0.485 e. The second-order valence-electron chi connectivity index (χ2n) is 5.56. The summed E-state index contributed by atoms with van der Waals surface area (Å²) in [6, 6.07) is 4.70. The number of hydrogen-bond donors (Lipinski definition) is 0. The summed E-state index contributed by atoms with van der Waals surface area (Å²) in [6.45, 7) is 2.88. The van der Waals surface area contributed by atoms with Crippen LogP contribution in [-0.4, -0.2) is 34.4 Å². The standard InChI is InChI=1S/C14H16N2O4/c1-10(17)15-6-2-5-14(9-15)8-11-7-12(16(18)19)3-4-13(11)20-14/h3-4,7H,2,5-6,8-9H2,1H3. The maximum Gasteiger partial charge on any atom is 0.269 e. The van der Waals surface area contributed by atoms with Crippen molar-refractivity contribution in [2.45, 2.75) is 31.8 Å². The first-order valence-electron chi connectivity index (χ1n) is 6.71. The van der Waals surface area contributed by atoms with Crippen molar-refractivity contribution < 1.29 is 14.5 Å². The molecule has 1 amide bonds. The van der Waals surface area contributed by atoms with Gasteiger partial charge >= 0.3 is 0 Å². The Bertz CT molecular complexity index is 587. The lowest BCUT2D eigenvalue weighted by atomic mass is 9.88. The number of nitrogens with zero attached hydrogens (tertiary/aromatic N) is 2.